The third kappa shape index (κ3) is 9.58. The molecule has 0 fully saturated rings. The van der Waals surface area contributed by atoms with Crippen molar-refractivity contribution >= 4 is 18.7 Å². The molecule has 0 saturated heterocycles. The lowest BCUT2D eigenvalue weighted by Crippen LogP contribution is -2.35. The average Bonchev–Trinajstić information content (AvgIpc) is 2.56. The fourth-order valence-corrected chi connectivity index (χ4v) is 2.69. The lowest BCUT2D eigenvalue weighted by Gasteiger charge is -2.07. The first-order valence-corrected chi connectivity index (χ1v) is 8.91. The molecular formula is C18H29BO5. The van der Waals surface area contributed by atoms with Crippen molar-refractivity contribution in [2.75, 3.05) is 6.61 Å². The van der Waals surface area contributed by atoms with Crippen LogP contribution < -0.4 is 5.46 Å². The summed E-state index contributed by atoms with van der Waals surface area (Å²) < 4.78 is 4.30. The molecule has 0 spiro atoms. The second-order valence-electron chi connectivity index (χ2n) is 6.13. The molecule has 0 aromatic heterocycles. The van der Waals surface area contributed by atoms with E-state index < -0.39 is 13.3 Å². The van der Waals surface area contributed by atoms with E-state index in [1.807, 2.05) is 12.1 Å². The van der Waals surface area contributed by atoms with E-state index in [4.69, 9.17) is 10.2 Å². The summed E-state index contributed by atoms with van der Waals surface area (Å²) in [4.78, 5) is 10.4. The van der Waals surface area contributed by atoms with Crippen LogP contribution in [0.25, 0.3) is 0 Å². The summed E-state index contributed by atoms with van der Waals surface area (Å²) in [6.07, 6.45) is 10.2. The lowest BCUT2D eigenvalue weighted by atomic mass is 9.79. The van der Waals surface area contributed by atoms with Gasteiger partial charge in [-0.2, -0.15) is 0 Å². The summed E-state index contributed by atoms with van der Waals surface area (Å²) in [5.41, 5.74) is 1.63. The lowest BCUT2D eigenvalue weighted by molar-refractivity contribution is 0.137. The Morgan fingerprint density at radius 2 is 1.38 bits per heavy atom. The number of aliphatic hydroxyl groups excluding tert-OH is 1. The van der Waals surface area contributed by atoms with Crippen molar-refractivity contribution in [3.8, 4) is 0 Å². The van der Waals surface area contributed by atoms with Crippen LogP contribution in [0.15, 0.2) is 24.3 Å². The summed E-state index contributed by atoms with van der Waals surface area (Å²) in [7, 11) is -1.42. The van der Waals surface area contributed by atoms with E-state index >= 15 is 0 Å². The molecule has 0 aliphatic rings. The average molecular weight is 336 g/mol. The van der Waals surface area contributed by atoms with Crippen LogP contribution in [0, 0.1) is 0 Å². The highest BCUT2D eigenvalue weighted by Crippen LogP contribution is 2.11. The molecular weight excluding hydrogens is 307 g/mol. The predicted molar refractivity (Wildman–Crippen MR) is 95.5 cm³/mol. The zero-order valence-electron chi connectivity index (χ0n) is 14.3. The third-order valence-corrected chi connectivity index (χ3v) is 4.10. The highest BCUT2D eigenvalue weighted by atomic mass is 16.7. The molecule has 134 valence electrons. The Balaban J connectivity index is 2.08. The molecule has 0 atom stereocenters. The number of hydrogen-bond acceptors (Lipinski definition) is 4. The number of hydrogen-bond donors (Lipinski definition) is 3. The van der Waals surface area contributed by atoms with Crippen molar-refractivity contribution in [1.29, 1.82) is 0 Å². The van der Waals surface area contributed by atoms with Crippen LogP contribution in [-0.2, 0) is 11.1 Å². The highest BCUT2D eigenvalue weighted by Gasteiger charge is 2.20. The Morgan fingerprint density at radius 3 is 1.88 bits per heavy atom. The minimum Gasteiger partial charge on any atom is -0.473 e. The predicted octanol–water partition coefficient (Wildman–Crippen LogP) is 3.11. The Kier molecular flexibility index (Phi) is 11.0. The van der Waals surface area contributed by atoms with E-state index in [0.717, 1.165) is 25.7 Å². The van der Waals surface area contributed by atoms with Gasteiger partial charge >= 0.3 is 13.3 Å². The molecule has 24 heavy (non-hydrogen) atoms. The molecule has 1 aromatic carbocycles. The molecule has 5 nitrogen and oxygen atoms in total. The second-order valence-corrected chi connectivity index (χ2v) is 6.13. The quantitative estimate of drug-likeness (QED) is 0.381. The van der Waals surface area contributed by atoms with Gasteiger partial charge < -0.3 is 19.9 Å². The van der Waals surface area contributed by atoms with Gasteiger partial charge in [-0.25, -0.2) is 4.79 Å². The van der Waals surface area contributed by atoms with Gasteiger partial charge in [-0.15, -0.1) is 0 Å². The monoisotopic (exact) mass is 336 g/mol. The summed E-state index contributed by atoms with van der Waals surface area (Å²) in [5, 5.41) is 26.7. The minimum atomic E-state index is -1.49. The van der Waals surface area contributed by atoms with E-state index in [-0.39, 0.29) is 0 Å². The largest absolute Gasteiger partial charge is 0.564 e. The smallest absolute Gasteiger partial charge is 0.473 e. The first-order chi connectivity index (χ1) is 11.6. The second kappa shape index (κ2) is 12.8. The first kappa shape index (κ1) is 20.5. The number of carboxylic acid groups (broad SMARTS) is 1. The van der Waals surface area contributed by atoms with Gasteiger partial charge in [-0.1, -0.05) is 69.2 Å². The molecule has 0 aliphatic heterocycles. The summed E-state index contributed by atoms with van der Waals surface area (Å²) in [6.45, 7) is 0.312. The van der Waals surface area contributed by atoms with Gasteiger partial charge in [0.2, 0.25) is 0 Å². The van der Waals surface area contributed by atoms with E-state index in [2.05, 4.69) is 4.65 Å². The number of aryl methyl sites for hydroxylation is 1. The Morgan fingerprint density at radius 1 is 0.875 bits per heavy atom. The zero-order chi connectivity index (χ0) is 17.6. The van der Waals surface area contributed by atoms with Crippen LogP contribution >= 0.6 is 0 Å². The maximum absolute atomic E-state index is 10.4. The van der Waals surface area contributed by atoms with Gasteiger partial charge in [0.1, 0.15) is 0 Å². The summed E-state index contributed by atoms with van der Waals surface area (Å²) >= 11 is 0. The van der Waals surface area contributed by atoms with Gasteiger partial charge in [-0.05, 0) is 30.3 Å². The molecule has 3 N–H and O–H groups in total. The molecule has 0 heterocycles. The Bertz CT molecular complexity index is 449. The standard InChI is InChI=1S/C18H29BO5/c20-15-9-7-5-3-1-2-4-6-8-10-16-11-13-17(14-12-16)19(23)24-18(21)22/h11-14,20,23H,1-10,15H2,(H,21,22). The van der Waals surface area contributed by atoms with Crippen LogP contribution in [0.1, 0.15) is 63.4 Å². The Hall–Kier alpha value is -1.53. The van der Waals surface area contributed by atoms with Crippen molar-refractivity contribution < 1.29 is 24.7 Å². The van der Waals surface area contributed by atoms with E-state index in [1.165, 1.54) is 44.1 Å². The number of aliphatic hydroxyl groups is 1. The van der Waals surface area contributed by atoms with E-state index in [0.29, 0.717) is 12.1 Å². The SMILES string of the molecule is O=C(O)OB(O)c1ccc(CCCCCCCCCCCO)cc1. The fraction of sp³-hybridized carbons (Fsp3) is 0.611. The molecule has 0 amide bonds. The fourth-order valence-electron chi connectivity index (χ4n) is 2.69. The molecule has 1 aromatic rings. The van der Waals surface area contributed by atoms with E-state index in [9.17, 15) is 9.82 Å². The zero-order valence-corrected chi connectivity index (χ0v) is 14.3. The maximum atomic E-state index is 10.4. The van der Waals surface area contributed by atoms with Gasteiger partial charge in [-0.3, -0.25) is 0 Å². The number of benzene rings is 1. The van der Waals surface area contributed by atoms with Gasteiger partial charge in [0.05, 0.1) is 0 Å². The van der Waals surface area contributed by atoms with E-state index in [1.54, 1.807) is 12.1 Å². The van der Waals surface area contributed by atoms with Gasteiger partial charge in [0, 0.05) is 6.61 Å². The maximum Gasteiger partial charge on any atom is 0.564 e. The van der Waals surface area contributed by atoms with Crippen LogP contribution in [0.5, 0.6) is 0 Å². The summed E-state index contributed by atoms with van der Waals surface area (Å²) in [5.74, 6) is 0. The van der Waals surface area contributed by atoms with Crippen LogP contribution in [0.4, 0.5) is 4.79 Å². The minimum absolute atomic E-state index is 0.312. The van der Waals surface area contributed by atoms with Crippen LogP contribution in [0.3, 0.4) is 0 Å². The molecule has 0 radical (unpaired) electrons. The van der Waals surface area contributed by atoms with Gasteiger partial charge in [0.15, 0.2) is 0 Å². The van der Waals surface area contributed by atoms with Crippen molar-refractivity contribution in [1.82, 2.24) is 0 Å². The topological polar surface area (TPSA) is 87.0 Å². The van der Waals surface area contributed by atoms with Gasteiger partial charge in [0.25, 0.3) is 0 Å². The first-order valence-electron chi connectivity index (χ1n) is 8.91. The Labute approximate surface area is 144 Å². The number of unbranched alkanes of at least 4 members (excludes halogenated alkanes) is 8. The van der Waals surface area contributed by atoms with Crippen molar-refractivity contribution in [3.63, 3.8) is 0 Å². The molecule has 0 saturated carbocycles. The van der Waals surface area contributed by atoms with Crippen molar-refractivity contribution in [2.24, 2.45) is 0 Å². The van der Waals surface area contributed by atoms with Crippen molar-refractivity contribution in [3.05, 3.63) is 29.8 Å². The third-order valence-electron chi connectivity index (χ3n) is 4.10. The number of carbonyl (C=O) groups is 1. The number of rotatable bonds is 13. The normalized spacial score (nSPS) is 10.6. The van der Waals surface area contributed by atoms with Crippen molar-refractivity contribution in [2.45, 2.75) is 64.2 Å². The highest BCUT2D eigenvalue weighted by molar-refractivity contribution is 6.61. The molecule has 1 rings (SSSR count). The van der Waals surface area contributed by atoms with Crippen LogP contribution in [-0.4, -0.2) is 35.1 Å². The molecule has 0 unspecified atom stereocenters. The molecule has 6 heteroatoms. The molecule has 0 aliphatic carbocycles. The summed E-state index contributed by atoms with van der Waals surface area (Å²) in [6, 6.07) is 7.22. The van der Waals surface area contributed by atoms with Crippen LogP contribution in [0.2, 0.25) is 0 Å². The molecule has 0 bridgehead atoms.